The largest absolute Gasteiger partial charge is 0.354 e. The van der Waals surface area contributed by atoms with Gasteiger partial charge in [-0.05, 0) is 31.1 Å². The highest BCUT2D eigenvalue weighted by molar-refractivity contribution is 5.81. The highest BCUT2D eigenvalue weighted by Gasteiger charge is 2.28. The third-order valence-corrected chi connectivity index (χ3v) is 3.59. The van der Waals surface area contributed by atoms with Crippen LogP contribution in [0.2, 0.25) is 0 Å². The first-order valence-electron chi connectivity index (χ1n) is 7.39. The molecule has 1 aromatic carbocycles. The smallest absolute Gasteiger partial charge is 0.223 e. The Kier molecular flexibility index (Phi) is 4.66. The summed E-state index contributed by atoms with van der Waals surface area (Å²) in [5.41, 5.74) is 7.45. The van der Waals surface area contributed by atoms with Crippen LogP contribution in [0.4, 0.5) is 0 Å². The summed E-state index contributed by atoms with van der Waals surface area (Å²) in [5.74, 6) is -0.192. The van der Waals surface area contributed by atoms with Gasteiger partial charge in [-0.15, -0.1) is 0 Å². The van der Waals surface area contributed by atoms with Crippen molar-refractivity contribution in [1.29, 1.82) is 0 Å². The molecule has 1 aliphatic rings. The number of benzene rings is 1. The van der Waals surface area contributed by atoms with E-state index in [2.05, 4.69) is 5.32 Å². The van der Waals surface area contributed by atoms with Gasteiger partial charge in [0.05, 0.1) is 12.5 Å². The van der Waals surface area contributed by atoms with E-state index in [1.165, 1.54) is 6.92 Å². The molecule has 0 aromatic heterocycles. The van der Waals surface area contributed by atoms with Crippen LogP contribution in [0.1, 0.15) is 44.4 Å². The first kappa shape index (κ1) is 16.2. The maximum absolute atomic E-state index is 12.2. The summed E-state index contributed by atoms with van der Waals surface area (Å²) in [6.07, 6.45) is 3.86. The molecular weight excluding hydrogens is 278 g/mol. The number of amides is 2. The minimum absolute atomic E-state index is 0.0808. The summed E-state index contributed by atoms with van der Waals surface area (Å²) in [6.45, 7) is 5.61. The molecule has 0 aliphatic carbocycles. The molecule has 1 aliphatic heterocycles. The van der Waals surface area contributed by atoms with E-state index in [1.54, 1.807) is 11.1 Å². The van der Waals surface area contributed by atoms with E-state index < -0.39 is 5.54 Å². The normalized spacial score (nSPS) is 17.1. The maximum atomic E-state index is 12.2. The Hall–Kier alpha value is -2.14. The van der Waals surface area contributed by atoms with E-state index >= 15 is 0 Å². The fourth-order valence-electron chi connectivity index (χ4n) is 2.49. The summed E-state index contributed by atoms with van der Waals surface area (Å²) >= 11 is 0. The molecule has 0 saturated heterocycles. The van der Waals surface area contributed by atoms with E-state index in [-0.39, 0.29) is 24.3 Å². The molecule has 1 unspecified atom stereocenters. The Morgan fingerprint density at radius 3 is 2.64 bits per heavy atom. The second-order valence-electron chi connectivity index (χ2n) is 6.36. The van der Waals surface area contributed by atoms with Crippen LogP contribution in [0.5, 0.6) is 0 Å². The van der Waals surface area contributed by atoms with Crippen LogP contribution < -0.4 is 11.1 Å². The number of rotatable bonds is 4. The first-order valence-corrected chi connectivity index (χ1v) is 7.39. The first-order chi connectivity index (χ1) is 10.3. The molecule has 0 bridgehead atoms. The number of hydrogen-bond donors (Lipinski definition) is 2. The highest BCUT2D eigenvalue weighted by Crippen LogP contribution is 2.32. The van der Waals surface area contributed by atoms with Gasteiger partial charge in [-0.25, -0.2) is 0 Å². The molecule has 1 aromatic rings. The predicted octanol–water partition coefficient (Wildman–Crippen LogP) is 1.80. The van der Waals surface area contributed by atoms with Gasteiger partial charge in [-0.3, -0.25) is 9.59 Å². The number of nitrogens with two attached hydrogens (primary N) is 1. The van der Waals surface area contributed by atoms with Crippen molar-refractivity contribution in [2.75, 3.05) is 6.54 Å². The summed E-state index contributed by atoms with van der Waals surface area (Å²) in [5, 5.41) is 2.83. The third-order valence-electron chi connectivity index (χ3n) is 3.59. The maximum Gasteiger partial charge on any atom is 0.223 e. The lowest BCUT2D eigenvalue weighted by molar-refractivity contribution is -0.130. The fraction of sp³-hybridized carbons (Fsp3) is 0.412. The topological polar surface area (TPSA) is 75.4 Å². The van der Waals surface area contributed by atoms with Crippen molar-refractivity contribution in [3.05, 3.63) is 41.6 Å². The van der Waals surface area contributed by atoms with Crippen LogP contribution in [0, 0.1) is 0 Å². The van der Waals surface area contributed by atoms with Gasteiger partial charge < -0.3 is 16.0 Å². The minimum Gasteiger partial charge on any atom is -0.354 e. The molecule has 2 amide bonds. The van der Waals surface area contributed by atoms with Crippen molar-refractivity contribution < 1.29 is 9.59 Å². The van der Waals surface area contributed by atoms with Gasteiger partial charge in [0.25, 0.3) is 0 Å². The average molecular weight is 301 g/mol. The summed E-state index contributed by atoms with van der Waals surface area (Å²) in [6, 6.07) is 7.53. The number of carbonyl (C=O) groups is 2. The van der Waals surface area contributed by atoms with E-state index in [4.69, 9.17) is 5.73 Å². The van der Waals surface area contributed by atoms with E-state index in [0.717, 1.165) is 11.1 Å². The van der Waals surface area contributed by atoms with Gasteiger partial charge in [0.2, 0.25) is 11.8 Å². The van der Waals surface area contributed by atoms with Crippen LogP contribution in [-0.4, -0.2) is 28.8 Å². The Morgan fingerprint density at radius 2 is 2.00 bits per heavy atom. The van der Waals surface area contributed by atoms with Crippen LogP contribution in [0.25, 0.3) is 6.08 Å². The molecule has 1 atom stereocenters. The SMILES string of the molecule is CC(=O)N1C=Cc2ccccc2C1CC(=O)NCC(C)(C)N. The Labute approximate surface area is 131 Å². The molecule has 0 spiro atoms. The van der Waals surface area contributed by atoms with Gasteiger partial charge >= 0.3 is 0 Å². The lowest BCUT2D eigenvalue weighted by atomic mass is 9.93. The second-order valence-corrected chi connectivity index (χ2v) is 6.36. The van der Waals surface area contributed by atoms with Gasteiger partial charge in [0.15, 0.2) is 0 Å². The van der Waals surface area contributed by atoms with Crippen molar-refractivity contribution in [1.82, 2.24) is 10.2 Å². The van der Waals surface area contributed by atoms with Crippen molar-refractivity contribution in [3.63, 3.8) is 0 Å². The van der Waals surface area contributed by atoms with Gasteiger partial charge in [-0.1, -0.05) is 24.3 Å². The number of hydrogen-bond acceptors (Lipinski definition) is 3. The summed E-state index contributed by atoms with van der Waals surface area (Å²) < 4.78 is 0. The van der Waals surface area contributed by atoms with E-state index in [1.807, 2.05) is 44.2 Å². The average Bonchev–Trinajstić information content (AvgIpc) is 2.44. The van der Waals surface area contributed by atoms with Crippen LogP contribution in [-0.2, 0) is 9.59 Å². The minimum atomic E-state index is -0.458. The Bertz CT molecular complexity index is 602. The highest BCUT2D eigenvalue weighted by atomic mass is 16.2. The second kappa shape index (κ2) is 6.32. The summed E-state index contributed by atoms with van der Waals surface area (Å²) in [4.78, 5) is 25.7. The molecule has 118 valence electrons. The number of nitrogens with zero attached hydrogens (tertiary/aromatic N) is 1. The third kappa shape index (κ3) is 3.95. The quantitative estimate of drug-likeness (QED) is 0.890. The van der Waals surface area contributed by atoms with Crippen molar-refractivity contribution in [2.45, 2.75) is 38.8 Å². The molecule has 5 heteroatoms. The Balaban J connectivity index is 2.17. The molecule has 5 nitrogen and oxygen atoms in total. The van der Waals surface area contributed by atoms with Gasteiger partial charge in [0, 0.05) is 25.2 Å². The molecular formula is C17H23N3O2. The number of fused-ring (bicyclic) bond motifs is 1. The lowest BCUT2D eigenvalue weighted by Crippen LogP contribution is -2.46. The Morgan fingerprint density at radius 1 is 1.32 bits per heavy atom. The zero-order chi connectivity index (χ0) is 16.3. The molecule has 2 rings (SSSR count). The molecule has 0 saturated carbocycles. The van der Waals surface area contributed by atoms with Crippen LogP contribution in [0.15, 0.2) is 30.5 Å². The molecule has 1 heterocycles. The molecule has 3 N–H and O–H groups in total. The molecule has 0 radical (unpaired) electrons. The van der Waals surface area contributed by atoms with E-state index in [0.29, 0.717) is 6.54 Å². The molecule has 0 fully saturated rings. The van der Waals surface area contributed by atoms with Crippen molar-refractivity contribution >= 4 is 17.9 Å². The standard InChI is InChI=1S/C17H23N3O2/c1-12(21)20-9-8-13-6-4-5-7-14(13)15(20)10-16(22)19-11-17(2,3)18/h4-9,15H,10-11,18H2,1-3H3,(H,19,22). The van der Waals surface area contributed by atoms with Crippen molar-refractivity contribution in [2.24, 2.45) is 5.73 Å². The van der Waals surface area contributed by atoms with Crippen molar-refractivity contribution in [3.8, 4) is 0 Å². The summed E-state index contributed by atoms with van der Waals surface area (Å²) in [7, 11) is 0. The zero-order valence-corrected chi connectivity index (χ0v) is 13.3. The zero-order valence-electron chi connectivity index (χ0n) is 13.3. The monoisotopic (exact) mass is 301 g/mol. The van der Waals surface area contributed by atoms with Gasteiger partial charge in [-0.2, -0.15) is 0 Å². The number of carbonyl (C=O) groups excluding carboxylic acids is 2. The van der Waals surface area contributed by atoms with Gasteiger partial charge in [0.1, 0.15) is 0 Å². The fourth-order valence-corrected chi connectivity index (χ4v) is 2.49. The van der Waals surface area contributed by atoms with E-state index in [9.17, 15) is 9.59 Å². The lowest BCUT2D eigenvalue weighted by Gasteiger charge is -2.32. The molecule has 22 heavy (non-hydrogen) atoms. The van der Waals surface area contributed by atoms with Crippen LogP contribution >= 0.6 is 0 Å². The number of nitrogens with one attached hydrogen (secondary N) is 1. The van der Waals surface area contributed by atoms with Crippen LogP contribution in [0.3, 0.4) is 0 Å². The predicted molar refractivity (Wildman–Crippen MR) is 86.6 cm³/mol.